The first-order valence-corrected chi connectivity index (χ1v) is 10.1. The highest BCUT2D eigenvalue weighted by Crippen LogP contribution is 2.20. The number of aliphatic hydroxyl groups is 3. The summed E-state index contributed by atoms with van der Waals surface area (Å²) >= 11 is 0. The van der Waals surface area contributed by atoms with Crippen molar-refractivity contribution < 1.29 is 24.8 Å². The number of unbranched alkanes of at least 4 members (excludes halogenated alkanes) is 8. The molecule has 0 radical (unpaired) electrons. The maximum absolute atomic E-state index is 10.0. The third kappa shape index (κ3) is 9.71. The van der Waals surface area contributed by atoms with Crippen LogP contribution in [0.2, 0.25) is 0 Å². The fourth-order valence-electron chi connectivity index (χ4n) is 3.15. The number of hydrogen-bond acceptors (Lipinski definition) is 5. The standard InChI is InChI=1S/C20H38O5/c1-2-3-4-5-6-7-8-9-10-11-12-13-14-24-18-16-25-20(19(18)23)17(22)15-21/h3-4,17-23H,2,5-16H2,1H3/b4-3+/t17-,18+,19-,20-/m1/s1. The van der Waals surface area contributed by atoms with Crippen molar-refractivity contribution in [3.63, 3.8) is 0 Å². The second-order valence-electron chi connectivity index (χ2n) is 6.94. The summed E-state index contributed by atoms with van der Waals surface area (Å²) < 4.78 is 11.0. The SMILES string of the molecule is CC/C=C/CCCCCCCCCCO[C@H]1CO[C@H]([C@H](O)CO)[C@@H]1O. The topological polar surface area (TPSA) is 79.2 Å². The van der Waals surface area contributed by atoms with E-state index in [1.165, 1.54) is 44.9 Å². The Morgan fingerprint density at radius 2 is 1.68 bits per heavy atom. The van der Waals surface area contributed by atoms with Gasteiger partial charge < -0.3 is 24.8 Å². The van der Waals surface area contributed by atoms with Crippen molar-refractivity contribution in [2.75, 3.05) is 19.8 Å². The summed E-state index contributed by atoms with van der Waals surface area (Å²) in [6.45, 7) is 2.64. The first-order valence-electron chi connectivity index (χ1n) is 10.1. The highest BCUT2D eigenvalue weighted by molar-refractivity contribution is 4.88. The molecule has 1 heterocycles. The van der Waals surface area contributed by atoms with Gasteiger partial charge in [-0.15, -0.1) is 0 Å². The zero-order valence-corrected chi connectivity index (χ0v) is 15.8. The maximum atomic E-state index is 10.0. The molecule has 5 heteroatoms. The Labute approximate surface area is 153 Å². The van der Waals surface area contributed by atoms with Crippen molar-refractivity contribution in [3.05, 3.63) is 12.2 Å². The molecular weight excluding hydrogens is 320 g/mol. The van der Waals surface area contributed by atoms with Gasteiger partial charge in [-0.2, -0.15) is 0 Å². The van der Waals surface area contributed by atoms with Gasteiger partial charge in [0.2, 0.25) is 0 Å². The van der Waals surface area contributed by atoms with Crippen molar-refractivity contribution in [1.29, 1.82) is 0 Å². The summed E-state index contributed by atoms with van der Waals surface area (Å²) in [6, 6.07) is 0. The molecule has 0 unspecified atom stereocenters. The largest absolute Gasteiger partial charge is 0.394 e. The smallest absolute Gasteiger partial charge is 0.114 e. The van der Waals surface area contributed by atoms with E-state index >= 15 is 0 Å². The summed E-state index contributed by atoms with van der Waals surface area (Å²) in [5.74, 6) is 0. The molecule has 148 valence electrons. The van der Waals surface area contributed by atoms with Crippen LogP contribution < -0.4 is 0 Å². The van der Waals surface area contributed by atoms with Crippen molar-refractivity contribution in [2.24, 2.45) is 0 Å². The second kappa shape index (κ2) is 14.7. The monoisotopic (exact) mass is 358 g/mol. The minimum atomic E-state index is -1.05. The normalized spacial score (nSPS) is 25.0. The zero-order chi connectivity index (χ0) is 18.3. The molecule has 1 saturated heterocycles. The molecule has 0 aromatic rings. The third-order valence-electron chi connectivity index (χ3n) is 4.74. The summed E-state index contributed by atoms with van der Waals surface area (Å²) in [4.78, 5) is 0. The van der Waals surface area contributed by atoms with Crippen LogP contribution in [0.3, 0.4) is 0 Å². The van der Waals surface area contributed by atoms with Gasteiger partial charge in [-0.05, 0) is 25.7 Å². The molecule has 0 saturated carbocycles. The molecule has 1 aliphatic heterocycles. The second-order valence-corrected chi connectivity index (χ2v) is 6.94. The Morgan fingerprint density at radius 3 is 2.32 bits per heavy atom. The highest BCUT2D eigenvalue weighted by atomic mass is 16.6. The summed E-state index contributed by atoms with van der Waals surface area (Å²) in [5.41, 5.74) is 0. The van der Waals surface area contributed by atoms with E-state index in [1.54, 1.807) is 0 Å². The average molecular weight is 359 g/mol. The Bertz CT molecular complexity index is 334. The highest BCUT2D eigenvalue weighted by Gasteiger charge is 2.40. The first kappa shape index (κ1) is 22.6. The van der Waals surface area contributed by atoms with Crippen LogP contribution in [-0.2, 0) is 9.47 Å². The van der Waals surface area contributed by atoms with Gasteiger partial charge in [-0.1, -0.05) is 57.6 Å². The van der Waals surface area contributed by atoms with Crippen LogP contribution in [0, 0.1) is 0 Å². The molecule has 0 aliphatic carbocycles. The van der Waals surface area contributed by atoms with E-state index in [0.29, 0.717) is 6.61 Å². The maximum Gasteiger partial charge on any atom is 0.114 e. The Kier molecular flexibility index (Phi) is 13.3. The third-order valence-corrected chi connectivity index (χ3v) is 4.74. The van der Waals surface area contributed by atoms with E-state index in [1.807, 2.05) is 0 Å². The van der Waals surface area contributed by atoms with Crippen molar-refractivity contribution in [3.8, 4) is 0 Å². The van der Waals surface area contributed by atoms with E-state index < -0.39 is 31.0 Å². The minimum Gasteiger partial charge on any atom is -0.394 e. The molecule has 1 fully saturated rings. The minimum absolute atomic E-state index is 0.274. The molecule has 3 N–H and O–H groups in total. The van der Waals surface area contributed by atoms with Crippen LogP contribution in [-0.4, -0.2) is 59.6 Å². The summed E-state index contributed by atoms with van der Waals surface area (Å²) in [5, 5.41) is 28.5. The van der Waals surface area contributed by atoms with E-state index in [2.05, 4.69) is 19.1 Å². The van der Waals surface area contributed by atoms with Crippen molar-refractivity contribution >= 4 is 0 Å². The number of aliphatic hydroxyl groups excluding tert-OH is 3. The summed E-state index contributed by atoms with van der Waals surface area (Å²) in [7, 11) is 0. The van der Waals surface area contributed by atoms with Crippen molar-refractivity contribution in [1.82, 2.24) is 0 Å². The zero-order valence-electron chi connectivity index (χ0n) is 15.8. The fraction of sp³-hybridized carbons (Fsp3) is 0.900. The van der Waals surface area contributed by atoms with Crippen LogP contribution in [0.15, 0.2) is 12.2 Å². The lowest BCUT2D eigenvalue weighted by atomic mass is 10.1. The predicted molar refractivity (Wildman–Crippen MR) is 99.6 cm³/mol. The molecule has 0 spiro atoms. The molecule has 0 aromatic carbocycles. The molecule has 0 aromatic heterocycles. The fourth-order valence-corrected chi connectivity index (χ4v) is 3.15. The first-order chi connectivity index (χ1) is 12.2. The van der Waals surface area contributed by atoms with E-state index in [-0.39, 0.29) is 6.61 Å². The Balaban J connectivity index is 1.88. The van der Waals surface area contributed by atoms with Crippen LogP contribution in [0.25, 0.3) is 0 Å². The van der Waals surface area contributed by atoms with E-state index in [9.17, 15) is 10.2 Å². The van der Waals surface area contributed by atoms with Gasteiger partial charge >= 0.3 is 0 Å². The van der Waals surface area contributed by atoms with Crippen LogP contribution >= 0.6 is 0 Å². The van der Waals surface area contributed by atoms with E-state index in [4.69, 9.17) is 14.6 Å². The van der Waals surface area contributed by atoms with E-state index in [0.717, 1.165) is 19.3 Å². The van der Waals surface area contributed by atoms with Gasteiger partial charge in [0.1, 0.15) is 24.4 Å². The lowest BCUT2D eigenvalue weighted by molar-refractivity contribution is -0.0730. The lowest BCUT2D eigenvalue weighted by Gasteiger charge is -2.20. The van der Waals surface area contributed by atoms with Crippen molar-refractivity contribution in [2.45, 2.75) is 95.5 Å². The Morgan fingerprint density at radius 1 is 1.04 bits per heavy atom. The molecule has 5 nitrogen and oxygen atoms in total. The number of rotatable bonds is 15. The van der Waals surface area contributed by atoms with Gasteiger partial charge in [-0.3, -0.25) is 0 Å². The van der Waals surface area contributed by atoms with Crippen LogP contribution in [0.4, 0.5) is 0 Å². The van der Waals surface area contributed by atoms with Crippen LogP contribution in [0.5, 0.6) is 0 Å². The number of ether oxygens (including phenoxy) is 2. The Hall–Kier alpha value is -0.460. The summed E-state index contributed by atoms with van der Waals surface area (Å²) in [6.07, 6.45) is 13.8. The number of allylic oxidation sites excluding steroid dienone is 2. The van der Waals surface area contributed by atoms with Gasteiger partial charge in [0, 0.05) is 6.61 Å². The van der Waals surface area contributed by atoms with Gasteiger partial charge in [0.25, 0.3) is 0 Å². The van der Waals surface area contributed by atoms with Gasteiger partial charge in [-0.25, -0.2) is 0 Å². The molecule has 0 bridgehead atoms. The van der Waals surface area contributed by atoms with Crippen LogP contribution in [0.1, 0.15) is 71.1 Å². The average Bonchev–Trinajstić information content (AvgIpc) is 2.99. The molecule has 25 heavy (non-hydrogen) atoms. The van der Waals surface area contributed by atoms with Gasteiger partial charge in [0.05, 0.1) is 13.2 Å². The lowest BCUT2D eigenvalue weighted by Crippen LogP contribution is -2.41. The molecular formula is C20H38O5. The van der Waals surface area contributed by atoms with Gasteiger partial charge in [0.15, 0.2) is 0 Å². The predicted octanol–water partition coefficient (Wildman–Crippen LogP) is 2.96. The number of hydrogen-bond donors (Lipinski definition) is 3. The molecule has 1 rings (SSSR count). The molecule has 1 aliphatic rings. The molecule has 4 atom stereocenters. The quantitative estimate of drug-likeness (QED) is 0.310. The molecule has 0 amide bonds.